The Morgan fingerprint density at radius 1 is 1.12 bits per heavy atom. The van der Waals surface area contributed by atoms with Gasteiger partial charge in [0.25, 0.3) is 0 Å². The second kappa shape index (κ2) is 8.21. The number of hydrogen-bond acceptors (Lipinski definition) is 3. The van der Waals surface area contributed by atoms with E-state index in [1.54, 1.807) is 6.26 Å². The van der Waals surface area contributed by atoms with Crippen LogP contribution in [0, 0.1) is 13.8 Å². The van der Waals surface area contributed by atoms with Crippen molar-refractivity contribution < 1.29 is 9.21 Å². The van der Waals surface area contributed by atoms with Crippen molar-refractivity contribution in [2.45, 2.75) is 19.9 Å². The van der Waals surface area contributed by atoms with E-state index in [-0.39, 0.29) is 18.5 Å². The number of hydrogen-bond donors (Lipinski definition) is 2. The molecule has 0 saturated heterocycles. The van der Waals surface area contributed by atoms with E-state index in [9.17, 15) is 4.79 Å². The van der Waals surface area contributed by atoms with Crippen LogP contribution in [-0.4, -0.2) is 12.5 Å². The lowest BCUT2D eigenvalue weighted by Crippen LogP contribution is -2.32. The van der Waals surface area contributed by atoms with Crippen molar-refractivity contribution in [2.75, 3.05) is 11.9 Å². The molecule has 0 spiro atoms. The van der Waals surface area contributed by atoms with Crippen LogP contribution in [0.15, 0.2) is 65.3 Å². The van der Waals surface area contributed by atoms with Crippen LogP contribution in [0.5, 0.6) is 0 Å². The third-order valence-electron chi connectivity index (χ3n) is 4.12. The van der Waals surface area contributed by atoms with Gasteiger partial charge in [-0.05, 0) is 48.7 Å². The molecule has 2 aromatic carbocycles. The molecule has 3 rings (SSSR count). The molecule has 0 aliphatic carbocycles. The Labute approximate surface area is 158 Å². The SMILES string of the molecule is Cc1cc(C)c(NC(=O)CN[C@H](c2ccccc2)c2ccco2)c(Cl)c1. The van der Waals surface area contributed by atoms with Gasteiger partial charge in [0.05, 0.1) is 29.6 Å². The Bertz CT molecular complexity index is 853. The van der Waals surface area contributed by atoms with Crippen LogP contribution >= 0.6 is 11.6 Å². The summed E-state index contributed by atoms with van der Waals surface area (Å²) >= 11 is 6.27. The van der Waals surface area contributed by atoms with Gasteiger partial charge in [0.15, 0.2) is 0 Å². The minimum absolute atomic E-state index is 0.129. The maximum absolute atomic E-state index is 12.4. The molecule has 0 radical (unpaired) electrons. The number of anilines is 1. The van der Waals surface area contributed by atoms with Crippen LogP contribution in [-0.2, 0) is 4.79 Å². The molecule has 0 saturated carbocycles. The second-order valence-corrected chi connectivity index (χ2v) is 6.63. The summed E-state index contributed by atoms with van der Waals surface area (Å²) in [6.45, 7) is 4.03. The molecular weight excluding hydrogens is 348 g/mol. The topological polar surface area (TPSA) is 54.3 Å². The average Bonchev–Trinajstić information content (AvgIpc) is 3.13. The molecule has 2 N–H and O–H groups in total. The Hall–Kier alpha value is -2.56. The first-order chi connectivity index (χ1) is 12.5. The Balaban J connectivity index is 1.71. The number of halogens is 1. The molecular formula is C21H21ClN2O2. The summed E-state index contributed by atoms with van der Waals surface area (Å²) in [6.07, 6.45) is 1.63. The third kappa shape index (κ3) is 4.34. The van der Waals surface area contributed by atoms with Gasteiger partial charge in [-0.1, -0.05) is 48.0 Å². The van der Waals surface area contributed by atoms with Gasteiger partial charge >= 0.3 is 0 Å². The van der Waals surface area contributed by atoms with Crippen LogP contribution in [0.1, 0.15) is 28.5 Å². The van der Waals surface area contributed by atoms with Crippen molar-refractivity contribution in [1.29, 1.82) is 0 Å². The third-order valence-corrected chi connectivity index (χ3v) is 4.42. The molecule has 4 nitrogen and oxygen atoms in total. The van der Waals surface area contributed by atoms with E-state index in [1.807, 2.05) is 68.4 Å². The highest BCUT2D eigenvalue weighted by atomic mass is 35.5. The molecule has 134 valence electrons. The summed E-state index contributed by atoms with van der Waals surface area (Å²) in [4.78, 5) is 12.4. The number of amides is 1. The summed E-state index contributed by atoms with van der Waals surface area (Å²) in [5, 5.41) is 6.70. The zero-order valence-electron chi connectivity index (χ0n) is 14.8. The normalized spacial score (nSPS) is 12.0. The number of aryl methyl sites for hydroxylation is 2. The minimum atomic E-state index is -0.202. The van der Waals surface area contributed by atoms with Crippen molar-refractivity contribution in [3.63, 3.8) is 0 Å². The zero-order chi connectivity index (χ0) is 18.5. The number of carbonyl (C=O) groups excluding carboxylic acids is 1. The van der Waals surface area contributed by atoms with Crippen molar-refractivity contribution in [3.05, 3.63) is 88.3 Å². The second-order valence-electron chi connectivity index (χ2n) is 6.23. The van der Waals surface area contributed by atoms with Gasteiger partial charge in [-0.15, -0.1) is 0 Å². The number of rotatable bonds is 6. The molecule has 5 heteroatoms. The highest BCUT2D eigenvalue weighted by molar-refractivity contribution is 6.34. The first-order valence-corrected chi connectivity index (χ1v) is 8.80. The number of nitrogens with one attached hydrogen (secondary N) is 2. The fourth-order valence-corrected chi connectivity index (χ4v) is 3.30. The maximum Gasteiger partial charge on any atom is 0.238 e. The number of benzene rings is 2. The lowest BCUT2D eigenvalue weighted by atomic mass is 10.0. The predicted octanol–water partition coefficient (Wildman–Crippen LogP) is 4.87. The van der Waals surface area contributed by atoms with Gasteiger partial charge in [-0.25, -0.2) is 0 Å². The van der Waals surface area contributed by atoms with Gasteiger partial charge in [0, 0.05) is 0 Å². The first kappa shape index (κ1) is 18.2. The Morgan fingerprint density at radius 3 is 2.54 bits per heavy atom. The van der Waals surface area contributed by atoms with Gasteiger partial charge in [-0.2, -0.15) is 0 Å². The lowest BCUT2D eigenvalue weighted by Gasteiger charge is -2.18. The molecule has 1 heterocycles. The predicted molar refractivity (Wildman–Crippen MR) is 105 cm³/mol. The molecule has 1 aromatic heterocycles. The summed E-state index contributed by atoms with van der Waals surface area (Å²) in [5.74, 6) is 0.597. The van der Waals surface area contributed by atoms with E-state index in [2.05, 4.69) is 10.6 Å². The number of furan rings is 1. The summed E-state index contributed by atoms with van der Waals surface area (Å²) in [7, 11) is 0. The highest BCUT2D eigenvalue weighted by Crippen LogP contribution is 2.27. The molecule has 0 bridgehead atoms. The van der Waals surface area contributed by atoms with Crippen LogP contribution in [0.25, 0.3) is 0 Å². The molecule has 0 fully saturated rings. The molecule has 0 aliphatic heterocycles. The summed E-state index contributed by atoms with van der Waals surface area (Å²) in [6, 6.07) is 17.2. The van der Waals surface area contributed by atoms with E-state index < -0.39 is 0 Å². The molecule has 3 aromatic rings. The fraction of sp³-hybridized carbons (Fsp3) is 0.190. The van der Waals surface area contributed by atoms with Gasteiger partial charge in [-0.3, -0.25) is 10.1 Å². The van der Waals surface area contributed by atoms with Crippen LogP contribution < -0.4 is 10.6 Å². The zero-order valence-corrected chi connectivity index (χ0v) is 15.5. The Morgan fingerprint density at radius 2 is 1.88 bits per heavy atom. The van der Waals surface area contributed by atoms with Gasteiger partial charge in [0.2, 0.25) is 5.91 Å². The quantitative estimate of drug-likeness (QED) is 0.652. The van der Waals surface area contributed by atoms with E-state index in [0.717, 1.165) is 22.5 Å². The largest absolute Gasteiger partial charge is 0.467 e. The van der Waals surface area contributed by atoms with E-state index in [4.69, 9.17) is 16.0 Å². The van der Waals surface area contributed by atoms with Crippen molar-refractivity contribution in [3.8, 4) is 0 Å². The van der Waals surface area contributed by atoms with Gasteiger partial charge < -0.3 is 9.73 Å². The molecule has 1 amide bonds. The van der Waals surface area contributed by atoms with Crippen LogP contribution in [0.4, 0.5) is 5.69 Å². The van der Waals surface area contributed by atoms with Crippen LogP contribution in [0.3, 0.4) is 0 Å². The average molecular weight is 369 g/mol. The Kier molecular flexibility index (Phi) is 5.76. The summed E-state index contributed by atoms with van der Waals surface area (Å²) < 4.78 is 5.54. The van der Waals surface area contributed by atoms with Crippen molar-refractivity contribution >= 4 is 23.2 Å². The van der Waals surface area contributed by atoms with Gasteiger partial charge in [0.1, 0.15) is 5.76 Å². The van der Waals surface area contributed by atoms with E-state index in [0.29, 0.717) is 10.7 Å². The maximum atomic E-state index is 12.4. The smallest absolute Gasteiger partial charge is 0.238 e. The molecule has 26 heavy (non-hydrogen) atoms. The highest BCUT2D eigenvalue weighted by Gasteiger charge is 2.18. The van der Waals surface area contributed by atoms with Crippen molar-refractivity contribution in [2.24, 2.45) is 0 Å². The molecule has 0 unspecified atom stereocenters. The first-order valence-electron chi connectivity index (χ1n) is 8.43. The molecule has 1 atom stereocenters. The monoisotopic (exact) mass is 368 g/mol. The fourth-order valence-electron chi connectivity index (χ4n) is 2.94. The van der Waals surface area contributed by atoms with E-state index in [1.165, 1.54) is 0 Å². The lowest BCUT2D eigenvalue weighted by molar-refractivity contribution is -0.115. The minimum Gasteiger partial charge on any atom is -0.467 e. The molecule has 0 aliphatic rings. The van der Waals surface area contributed by atoms with Crippen molar-refractivity contribution in [1.82, 2.24) is 5.32 Å². The van der Waals surface area contributed by atoms with E-state index >= 15 is 0 Å². The standard InChI is InChI=1S/C21H21ClN2O2/c1-14-11-15(2)20(17(22)12-14)24-19(25)13-23-21(18-9-6-10-26-18)16-7-4-3-5-8-16/h3-12,21,23H,13H2,1-2H3,(H,24,25)/t21-/m1/s1. The summed E-state index contributed by atoms with van der Waals surface area (Å²) in [5.41, 5.74) is 3.68. The van der Waals surface area contributed by atoms with Crippen LogP contribution in [0.2, 0.25) is 5.02 Å². The number of carbonyl (C=O) groups is 1.